The number of oxime groups is 1. The molecule has 0 radical (unpaired) electrons. The van der Waals surface area contributed by atoms with Gasteiger partial charge in [0.25, 0.3) is 0 Å². The number of rotatable bonds is 0. The third kappa shape index (κ3) is 0.886. The van der Waals surface area contributed by atoms with E-state index in [1.54, 1.807) is 0 Å². The van der Waals surface area contributed by atoms with Gasteiger partial charge in [-0.15, -0.1) is 0 Å². The molecule has 0 heterocycles. The van der Waals surface area contributed by atoms with Crippen LogP contribution in [0.15, 0.2) is 16.8 Å². The summed E-state index contributed by atoms with van der Waals surface area (Å²) in [6.45, 7) is 2.04. The summed E-state index contributed by atoms with van der Waals surface area (Å²) >= 11 is 0. The zero-order valence-electron chi connectivity index (χ0n) is 4.89. The first kappa shape index (κ1) is 5.35. The summed E-state index contributed by atoms with van der Waals surface area (Å²) < 4.78 is 0. The lowest BCUT2D eigenvalue weighted by atomic mass is 10.3. The van der Waals surface area contributed by atoms with E-state index in [1.807, 2.05) is 13.0 Å². The van der Waals surface area contributed by atoms with Gasteiger partial charge in [-0.05, 0) is 25.8 Å². The summed E-state index contributed by atoms with van der Waals surface area (Å²) in [5, 5.41) is 11.3. The molecule has 0 aromatic heterocycles. The summed E-state index contributed by atoms with van der Waals surface area (Å²) in [6, 6.07) is 0. The fourth-order valence-electron chi connectivity index (χ4n) is 0.833. The van der Waals surface area contributed by atoms with E-state index in [0.29, 0.717) is 0 Å². The van der Waals surface area contributed by atoms with Crippen LogP contribution in [0.5, 0.6) is 0 Å². The van der Waals surface area contributed by atoms with E-state index in [2.05, 4.69) is 5.16 Å². The maximum Gasteiger partial charge on any atom is 0.0798 e. The van der Waals surface area contributed by atoms with Gasteiger partial charge in [0.1, 0.15) is 0 Å². The Hall–Kier alpha value is -0.790. The third-order valence-corrected chi connectivity index (χ3v) is 1.32. The molecule has 1 N–H and O–H groups in total. The predicted octanol–water partition coefficient (Wildman–Crippen LogP) is 1.56. The monoisotopic (exact) mass is 111 g/mol. The molecule has 0 aliphatic heterocycles. The molecule has 0 amide bonds. The van der Waals surface area contributed by atoms with Crippen LogP contribution in [0.25, 0.3) is 0 Å². The maximum atomic E-state index is 8.23. The van der Waals surface area contributed by atoms with Crippen molar-refractivity contribution in [2.75, 3.05) is 0 Å². The van der Waals surface area contributed by atoms with Gasteiger partial charge in [0.2, 0.25) is 0 Å². The number of hydrogen-bond acceptors (Lipinski definition) is 2. The maximum absolute atomic E-state index is 8.23. The average Bonchev–Trinajstić information content (AvgIpc) is 2.14. The Morgan fingerprint density at radius 2 is 2.38 bits per heavy atom. The minimum absolute atomic E-state index is 0.808. The Labute approximate surface area is 48.5 Å². The van der Waals surface area contributed by atoms with Crippen LogP contribution in [-0.4, -0.2) is 10.9 Å². The number of allylic oxidation sites excluding steroid dienone is 2. The van der Waals surface area contributed by atoms with E-state index in [-0.39, 0.29) is 0 Å². The van der Waals surface area contributed by atoms with E-state index < -0.39 is 0 Å². The lowest BCUT2D eigenvalue weighted by molar-refractivity contribution is 0.318. The fraction of sp³-hybridized carbons (Fsp3) is 0.500. The van der Waals surface area contributed by atoms with Crippen molar-refractivity contribution in [1.82, 2.24) is 0 Å². The van der Waals surface area contributed by atoms with Gasteiger partial charge >= 0.3 is 0 Å². The molecule has 44 valence electrons. The third-order valence-electron chi connectivity index (χ3n) is 1.32. The van der Waals surface area contributed by atoms with Gasteiger partial charge in [0.05, 0.1) is 5.71 Å². The summed E-state index contributed by atoms with van der Waals surface area (Å²) in [5.41, 5.74) is 2.11. The highest BCUT2D eigenvalue weighted by Crippen LogP contribution is 2.13. The molecule has 0 fully saturated rings. The van der Waals surface area contributed by atoms with E-state index in [0.717, 1.165) is 18.6 Å². The first-order chi connectivity index (χ1) is 3.83. The van der Waals surface area contributed by atoms with Crippen molar-refractivity contribution in [3.8, 4) is 0 Å². The predicted molar refractivity (Wildman–Crippen MR) is 32.2 cm³/mol. The Balaban J connectivity index is 2.67. The Morgan fingerprint density at radius 3 is 2.62 bits per heavy atom. The first-order valence-corrected chi connectivity index (χ1v) is 2.71. The second-order valence-electron chi connectivity index (χ2n) is 2.08. The van der Waals surface area contributed by atoms with Gasteiger partial charge in [0, 0.05) is 0 Å². The van der Waals surface area contributed by atoms with Gasteiger partial charge in [-0.1, -0.05) is 10.7 Å². The number of nitrogens with zero attached hydrogens (tertiary/aromatic N) is 1. The highest BCUT2D eigenvalue weighted by Gasteiger charge is 2.05. The van der Waals surface area contributed by atoms with Gasteiger partial charge in [-0.3, -0.25) is 0 Å². The molecule has 0 aromatic carbocycles. The van der Waals surface area contributed by atoms with Crippen molar-refractivity contribution in [3.63, 3.8) is 0 Å². The van der Waals surface area contributed by atoms with Crippen molar-refractivity contribution in [2.45, 2.75) is 19.8 Å². The average molecular weight is 111 g/mol. The van der Waals surface area contributed by atoms with Crippen LogP contribution < -0.4 is 0 Å². The largest absolute Gasteiger partial charge is 0.411 e. The molecule has 0 unspecified atom stereocenters. The topological polar surface area (TPSA) is 32.6 Å². The van der Waals surface area contributed by atoms with Crippen molar-refractivity contribution in [2.24, 2.45) is 5.16 Å². The van der Waals surface area contributed by atoms with E-state index in [4.69, 9.17) is 5.21 Å². The SMILES string of the molecule is CC1=CC(=NO)CC1. The van der Waals surface area contributed by atoms with Crippen LogP contribution in [0.3, 0.4) is 0 Å². The van der Waals surface area contributed by atoms with E-state index >= 15 is 0 Å². The lowest BCUT2D eigenvalue weighted by Crippen LogP contribution is -1.83. The summed E-state index contributed by atoms with van der Waals surface area (Å²) in [5.74, 6) is 0. The zero-order chi connectivity index (χ0) is 5.98. The highest BCUT2D eigenvalue weighted by atomic mass is 16.4. The van der Waals surface area contributed by atoms with Crippen molar-refractivity contribution in [3.05, 3.63) is 11.6 Å². The van der Waals surface area contributed by atoms with Crippen LogP contribution in [0, 0.1) is 0 Å². The van der Waals surface area contributed by atoms with E-state index in [9.17, 15) is 0 Å². The summed E-state index contributed by atoms with van der Waals surface area (Å²) in [7, 11) is 0. The zero-order valence-corrected chi connectivity index (χ0v) is 4.89. The van der Waals surface area contributed by atoms with Gasteiger partial charge in [-0.2, -0.15) is 0 Å². The van der Waals surface area contributed by atoms with Crippen LogP contribution in [-0.2, 0) is 0 Å². The molecule has 0 atom stereocenters. The van der Waals surface area contributed by atoms with Crippen LogP contribution >= 0.6 is 0 Å². The Morgan fingerprint density at radius 1 is 1.62 bits per heavy atom. The highest BCUT2D eigenvalue weighted by molar-refractivity contribution is 5.97. The quantitative estimate of drug-likeness (QED) is 0.373. The summed E-state index contributed by atoms with van der Waals surface area (Å²) in [6.07, 6.45) is 3.88. The molecule has 0 saturated carbocycles. The molecule has 1 aliphatic rings. The molecular formula is C6H9NO. The molecule has 0 bridgehead atoms. The molecule has 1 aliphatic carbocycles. The molecule has 8 heavy (non-hydrogen) atoms. The molecular weight excluding hydrogens is 102 g/mol. The minimum Gasteiger partial charge on any atom is -0.411 e. The Bertz CT molecular complexity index is 147. The fourth-order valence-corrected chi connectivity index (χ4v) is 0.833. The molecule has 0 saturated heterocycles. The first-order valence-electron chi connectivity index (χ1n) is 2.71. The van der Waals surface area contributed by atoms with Crippen molar-refractivity contribution in [1.29, 1.82) is 0 Å². The molecule has 2 heteroatoms. The second kappa shape index (κ2) is 1.99. The van der Waals surface area contributed by atoms with Crippen LogP contribution in [0.4, 0.5) is 0 Å². The van der Waals surface area contributed by atoms with E-state index in [1.165, 1.54) is 5.57 Å². The summed E-state index contributed by atoms with van der Waals surface area (Å²) in [4.78, 5) is 0. The second-order valence-corrected chi connectivity index (χ2v) is 2.08. The lowest BCUT2D eigenvalue weighted by Gasteiger charge is -1.81. The van der Waals surface area contributed by atoms with Gasteiger partial charge in [-0.25, -0.2) is 0 Å². The minimum atomic E-state index is 0.808. The van der Waals surface area contributed by atoms with Crippen molar-refractivity contribution >= 4 is 5.71 Å². The smallest absolute Gasteiger partial charge is 0.0798 e. The Kier molecular flexibility index (Phi) is 1.33. The van der Waals surface area contributed by atoms with Crippen LogP contribution in [0.2, 0.25) is 0 Å². The molecule has 0 spiro atoms. The van der Waals surface area contributed by atoms with Crippen molar-refractivity contribution < 1.29 is 5.21 Å². The van der Waals surface area contributed by atoms with Crippen LogP contribution in [0.1, 0.15) is 19.8 Å². The van der Waals surface area contributed by atoms with Gasteiger partial charge in [0.15, 0.2) is 0 Å². The molecule has 2 nitrogen and oxygen atoms in total. The molecule has 1 rings (SSSR count). The van der Waals surface area contributed by atoms with Gasteiger partial charge < -0.3 is 5.21 Å². The standard InChI is InChI=1S/C6H9NO/c1-5-2-3-6(4-5)7-8/h4,8H,2-3H2,1H3. The normalized spacial score (nSPS) is 24.1. The molecule has 0 aromatic rings. The number of hydrogen-bond donors (Lipinski definition) is 1.